The minimum Gasteiger partial charge on any atom is -0.493 e. The van der Waals surface area contributed by atoms with Gasteiger partial charge in [-0.2, -0.15) is 4.98 Å². The molecule has 3 aromatic rings. The smallest absolute Gasteiger partial charge is 0.229 e. The number of rotatable bonds is 7. The number of hydrogen-bond donors (Lipinski definition) is 2. The van der Waals surface area contributed by atoms with Crippen LogP contribution in [-0.4, -0.2) is 31.3 Å². The first kappa shape index (κ1) is 19.3. The molecular weight excluding hydrogens is 356 g/mol. The molecule has 2 aromatic carbocycles. The first-order valence-electron chi connectivity index (χ1n) is 8.77. The second-order valence-corrected chi connectivity index (χ2v) is 6.31. The van der Waals surface area contributed by atoms with Crippen molar-refractivity contribution in [2.75, 3.05) is 32.0 Å². The van der Waals surface area contributed by atoms with Gasteiger partial charge in [-0.3, -0.25) is 0 Å². The first-order valence-corrected chi connectivity index (χ1v) is 8.77. The Hall–Kier alpha value is -3.48. The van der Waals surface area contributed by atoms with E-state index in [-0.39, 0.29) is 0 Å². The second kappa shape index (κ2) is 8.47. The highest BCUT2D eigenvalue weighted by molar-refractivity contribution is 5.66. The van der Waals surface area contributed by atoms with E-state index in [0.29, 0.717) is 29.0 Å². The molecule has 0 atom stereocenters. The standard InChI is InChI=1S/C21H24N4O3/c1-13-8-14(2)10-15(9-13)23-19-6-7-22-21(25-19)24-16-11-17(26-3)20(28-5)18(12-16)27-4/h6-12H,1-5H3,(H2,22,23,24,25). The third kappa shape index (κ3) is 4.43. The molecule has 0 aliphatic heterocycles. The molecule has 0 aliphatic rings. The molecule has 0 radical (unpaired) electrons. The van der Waals surface area contributed by atoms with Gasteiger partial charge in [-0.05, 0) is 43.2 Å². The Kier molecular flexibility index (Phi) is 5.84. The lowest BCUT2D eigenvalue weighted by Crippen LogP contribution is -2.02. The van der Waals surface area contributed by atoms with Crippen LogP contribution in [0.4, 0.5) is 23.1 Å². The Bertz CT molecular complexity index is 930. The Morgan fingerprint density at radius 3 is 1.93 bits per heavy atom. The lowest BCUT2D eigenvalue weighted by Gasteiger charge is -2.15. The van der Waals surface area contributed by atoms with Gasteiger partial charge in [-0.25, -0.2) is 4.98 Å². The van der Waals surface area contributed by atoms with Crippen molar-refractivity contribution in [2.24, 2.45) is 0 Å². The van der Waals surface area contributed by atoms with E-state index < -0.39 is 0 Å². The summed E-state index contributed by atoms with van der Waals surface area (Å²) in [6.07, 6.45) is 1.69. The zero-order valence-electron chi connectivity index (χ0n) is 16.7. The number of anilines is 4. The summed E-state index contributed by atoms with van der Waals surface area (Å²) < 4.78 is 16.1. The van der Waals surface area contributed by atoms with Crippen LogP contribution < -0.4 is 24.8 Å². The van der Waals surface area contributed by atoms with Gasteiger partial charge in [0.25, 0.3) is 0 Å². The van der Waals surface area contributed by atoms with Crippen LogP contribution in [0.2, 0.25) is 0 Å². The van der Waals surface area contributed by atoms with Crippen LogP contribution in [0, 0.1) is 13.8 Å². The van der Waals surface area contributed by atoms with Crippen molar-refractivity contribution in [3.8, 4) is 17.2 Å². The van der Waals surface area contributed by atoms with E-state index in [0.717, 1.165) is 11.4 Å². The molecule has 0 saturated carbocycles. The molecule has 0 fully saturated rings. The number of aryl methyl sites for hydroxylation is 2. The van der Waals surface area contributed by atoms with Crippen LogP contribution in [-0.2, 0) is 0 Å². The predicted octanol–water partition coefficient (Wildman–Crippen LogP) is 4.61. The van der Waals surface area contributed by atoms with Crippen LogP contribution in [0.3, 0.4) is 0 Å². The highest BCUT2D eigenvalue weighted by atomic mass is 16.5. The summed E-state index contributed by atoms with van der Waals surface area (Å²) in [6.45, 7) is 4.13. The van der Waals surface area contributed by atoms with Crippen LogP contribution in [0.1, 0.15) is 11.1 Å². The molecule has 0 saturated heterocycles. The van der Waals surface area contributed by atoms with E-state index in [4.69, 9.17) is 14.2 Å². The van der Waals surface area contributed by atoms with Crippen LogP contribution in [0.15, 0.2) is 42.6 Å². The van der Waals surface area contributed by atoms with E-state index in [1.165, 1.54) is 11.1 Å². The Morgan fingerprint density at radius 1 is 0.750 bits per heavy atom. The number of nitrogens with one attached hydrogen (secondary N) is 2. The molecular formula is C21H24N4O3. The fourth-order valence-electron chi connectivity index (χ4n) is 2.97. The van der Waals surface area contributed by atoms with Crippen LogP contribution in [0.5, 0.6) is 17.2 Å². The van der Waals surface area contributed by atoms with Gasteiger partial charge in [0.1, 0.15) is 5.82 Å². The SMILES string of the molecule is COc1cc(Nc2nccc(Nc3cc(C)cc(C)c3)n2)cc(OC)c1OC. The molecule has 1 heterocycles. The van der Waals surface area contributed by atoms with E-state index >= 15 is 0 Å². The summed E-state index contributed by atoms with van der Waals surface area (Å²) in [6, 6.07) is 11.7. The molecule has 7 nitrogen and oxygen atoms in total. The number of benzene rings is 2. The van der Waals surface area contributed by atoms with Crippen molar-refractivity contribution in [3.05, 3.63) is 53.7 Å². The van der Waals surface area contributed by atoms with Crippen molar-refractivity contribution in [1.82, 2.24) is 9.97 Å². The van der Waals surface area contributed by atoms with E-state index in [1.54, 1.807) is 39.7 Å². The normalized spacial score (nSPS) is 10.3. The van der Waals surface area contributed by atoms with Gasteiger partial charge < -0.3 is 24.8 Å². The maximum absolute atomic E-state index is 5.38. The van der Waals surface area contributed by atoms with Gasteiger partial charge in [-0.1, -0.05) is 6.07 Å². The minimum absolute atomic E-state index is 0.448. The van der Waals surface area contributed by atoms with Crippen molar-refractivity contribution in [1.29, 1.82) is 0 Å². The molecule has 146 valence electrons. The highest BCUT2D eigenvalue weighted by Gasteiger charge is 2.14. The van der Waals surface area contributed by atoms with Gasteiger partial charge in [0, 0.05) is 29.7 Å². The second-order valence-electron chi connectivity index (χ2n) is 6.31. The van der Waals surface area contributed by atoms with Crippen LogP contribution >= 0.6 is 0 Å². The topological polar surface area (TPSA) is 77.5 Å². The molecule has 0 amide bonds. The molecule has 28 heavy (non-hydrogen) atoms. The molecule has 2 N–H and O–H groups in total. The van der Waals surface area contributed by atoms with Gasteiger partial charge >= 0.3 is 0 Å². The molecule has 0 unspecified atom stereocenters. The van der Waals surface area contributed by atoms with Gasteiger partial charge in [-0.15, -0.1) is 0 Å². The number of hydrogen-bond acceptors (Lipinski definition) is 7. The lowest BCUT2D eigenvalue weighted by atomic mass is 10.1. The van der Waals surface area contributed by atoms with Gasteiger partial charge in [0.15, 0.2) is 11.5 Å². The number of aromatic nitrogens is 2. The Balaban J connectivity index is 1.85. The van der Waals surface area contributed by atoms with Crippen molar-refractivity contribution in [2.45, 2.75) is 13.8 Å². The van der Waals surface area contributed by atoms with E-state index in [2.05, 4.69) is 52.6 Å². The zero-order chi connectivity index (χ0) is 20.1. The quantitative estimate of drug-likeness (QED) is 0.620. The lowest BCUT2D eigenvalue weighted by molar-refractivity contribution is 0.324. The third-order valence-corrected chi connectivity index (χ3v) is 4.07. The fraction of sp³-hybridized carbons (Fsp3) is 0.238. The predicted molar refractivity (Wildman–Crippen MR) is 111 cm³/mol. The number of methoxy groups -OCH3 is 3. The summed E-state index contributed by atoms with van der Waals surface area (Å²) >= 11 is 0. The molecule has 7 heteroatoms. The Labute approximate surface area is 164 Å². The number of ether oxygens (including phenoxy) is 3. The third-order valence-electron chi connectivity index (χ3n) is 4.07. The monoisotopic (exact) mass is 380 g/mol. The molecule has 3 rings (SSSR count). The van der Waals surface area contributed by atoms with E-state index in [9.17, 15) is 0 Å². The van der Waals surface area contributed by atoms with Gasteiger partial charge in [0.2, 0.25) is 11.7 Å². The molecule has 0 aliphatic carbocycles. The maximum atomic E-state index is 5.38. The Morgan fingerprint density at radius 2 is 1.36 bits per heavy atom. The van der Waals surface area contributed by atoms with Crippen molar-refractivity contribution >= 4 is 23.1 Å². The highest BCUT2D eigenvalue weighted by Crippen LogP contribution is 2.40. The molecule has 0 spiro atoms. The maximum Gasteiger partial charge on any atom is 0.229 e. The average molecular weight is 380 g/mol. The first-order chi connectivity index (χ1) is 13.5. The summed E-state index contributed by atoms with van der Waals surface area (Å²) in [7, 11) is 4.72. The number of nitrogens with zero attached hydrogens (tertiary/aromatic N) is 2. The van der Waals surface area contributed by atoms with Crippen molar-refractivity contribution in [3.63, 3.8) is 0 Å². The summed E-state index contributed by atoms with van der Waals surface area (Å²) in [5, 5.41) is 6.49. The molecule has 0 bridgehead atoms. The fourth-order valence-corrected chi connectivity index (χ4v) is 2.97. The minimum atomic E-state index is 0.448. The summed E-state index contributed by atoms with van der Waals surface area (Å²) in [4.78, 5) is 8.82. The summed E-state index contributed by atoms with van der Waals surface area (Å²) in [5.74, 6) is 2.77. The van der Waals surface area contributed by atoms with Crippen molar-refractivity contribution < 1.29 is 14.2 Å². The average Bonchev–Trinajstić information content (AvgIpc) is 2.66. The van der Waals surface area contributed by atoms with Crippen LogP contribution in [0.25, 0.3) is 0 Å². The zero-order valence-corrected chi connectivity index (χ0v) is 16.7. The van der Waals surface area contributed by atoms with Gasteiger partial charge in [0.05, 0.1) is 21.3 Å². The van der Waals surface area contributed by atoms with E-state index in [1.807, 2.05) is 6.07 Å². The summed E-state index contributed by atoms with van der Waals surface area (Å²) in [5.41, 5.74) is 4.08. The molecule has 1 aromatic heterocycles. The largest absolute Gasteiger partial charge is 0.493 e.